The number of rotatable bonds is 5. The van der Waals surface area contributed by atoms with Crippen LogP contribution in [-0.2, 0) is 17.8 Å². The SMILES string of the molecule is C/C(N)=C/C=C(\N)n1nc(C(=O)N2Cc3ccccc3C[C@H]2C(=O)O)cc1-c1ccccc1. The fourth-order valence-electron chi connectivity index (χ4n) is 3.89. The number of hydrogen-bond donors (Lipinski definition) is 3. The van der Waals surface area contributed by atoms with Gasteiger partial charge in [0.05, 0.1) is 5.69 Å². The second-order valence-electron chi connectivity index (χ2n) is 7.95. The second kappa shape index (κ2) is 9.04. The molecule has 0 bridgehead atoms. The van der Waals surface area contributed by atoms with E-state index in [9.17, 15) is 14.7 Å². The largest absolute Gasteiger partial charge is 0.480 e. The van der Waals surface area contributed by atoms with Crippen molar-refractivity contribution in [3.8, 4) is 11.3 Å². The fraction of sp³-hybridized carbons (Fsp3) is 0.160. The summed E-state index contributed by atoms with van der Waals surface area (Å²) in [7, 11) is 0. The topological polar surface area (TPSA) is 127 Å². The molecular weight excluding hydrogens is 418 g/mol. The summed E-state index contributed by atoms with van der Waals surface area (Å²) in [5, 5.41) is 14.3. The first-order valence-corrected chi connectivity index (χ1v) is 10.5. The molecule has 0 aliphatic carbocycles. The highest BCUT2D eigenvalue weighted by Gasteiger charge is 2.36. The van der Waals surface area contributed by atoms with Crippen LogP contribution in [0.5, 0.6) is 0 Å². The maximum Gasteiger partial charge on any atom is 0.326 e. The molecule has 2 aromatic carbocycles. The predicted molar refractivity (Wildman–Crippen MR) is 126 cm³/mol. The quantitative estimate of drug-likeness (QED) is 0.520. The van der Waals surface area contributed by atoms with Crippen LogP contribution in [0.3, 0.4) is 0 Å². The van der Waals surface area contributed by atoms with Crippen LogP contribution >= 0.6 is 0 Å². The van der Waals surface area contributed by atoms with Crippen LogP contribution in [0.1, 0.15) is 28.5 Å². The van der Waals surface area contributed by atoms with E-state index in [1.54, 1.807) is 25.1 Å². The zero-order valence-corrected chi connectivity index (χ0v) is 18.2. The lowest BCUT2D eigenvalue weighted by molar-refractivity contribution is -0.142. The smallest absolute Gasteiger partial charge is 0.326 e. The summed E-state index contributed by atoms with van der Waals surface area (Å²) in [5.74, 6) is -1.24. The number of amides is 1. The maximum atomic E-state index is 13.5. The number of allylic oxidation sites excluding steroid dienone is 3. The Labute approximate surface area is 191 Å². The maximum absolute atomic E-state index is 13.5. The highest BCUT2D eigenvalue weighted by Crippen LogP contribution is 2.27. The molecule has 1 aromatic heterocycles. The summed E-state index contributed by atoms with van der Waals surface area (Å²) < 4.78 is 1.47. The van der Waals surface area contributed by atoms with Crippen LogP contribution < -0.4 is 11.5 Å². The van der Waals surface area contributed by atoms with Crippen LogP contribution in [0.15, 0.2) is 78.5 Å². The van der Waals surface area contributed by atoms with Gasteiger partial charge >= 0.3 is 5.97 Å². The van der Waals surface area contributed by atoms with Crippen molar-refractivity contribution in [3.05, 3.63) is 95.3 Å². The predicted octanol–water partition coefficient (Wildman–Crippen LogP) is 2.82. The number of benzene rings is 2. The van der Waals surface area contributed by atoms with Crippen molar-refractivity contribution in [2.45, 2.75) is 25.9 Å². The van der Waals surface area contributed by atoms with Gasteiger partial charge in [0.15, 0.2) is 5.69 Å². The number of nitrogens with two attached hydrogens (primary N) is 2. The molecule has 8 nitrogen and oxygen atoms in total. The van der Waals surface area contributed by atoms with Crippen LogP contribution in [-0.4, -0.2) is 37.7 Å². The minimum Gasteiger partial charge on any atom is -0.480 e. The number of hydrogen-bond acceptors (Lipinski definition) is 5. The Hall–Kier alpha value is -4.33. The van der Waals surface area contributed by atoms with Crippen molar-refractivity contribution in [1.29, 1.82) is 0 Å². The summed E-state index contributed by atoms with van der Waals surface area (Å²) in [6.45, 7) is 1.93. The average Bonchev–Trinajstić information content (AvgIpc) is 3.27. The molecule has 8 heteroatoms. The van der Waals surface area contributed by atoms with Crippen LogP contribution in [0.25, 0.3) is 17.1 Å². The number of carbonyl (C=O) groups excluding carboxylic acids is 1. The molecule has 1 atom stereocenters. The zero-order valence-electron chi connectivity index (χ0n) is 18.2. The molecule has 0 fully saturated rings. The third-order valence-corrected chi connectivity index (χ3v) is 5.55. The minimum absolute atomic E-state index is 0.115. The summed E-state index contributed by atoms with van der Waals surface area (Å²) in [6, 6.07) is 17.6. The Balaban J connectivity index is 1.77. The third-order valence-electron chi connectivity index (χ3n) is 5.55. The van der Waals surface area contributed by atoms with Gasteiger partial charge in [-0.25, -0.2) is 9.48 Å². The van der Waals surface area contributed by atoms with E-state index in [1.807, 2.05) is 54.6 Å². The van der Waals surface area contributed by atoms with E-state index >= 15 is 0 Å². The van der Waals surface area contributed by atoms with Crippen LogP contribution in [0.2, 0.25) is 0 Å². The molecular formula is C25H25N5O3. The van der Waals surface area contributed by atoms with E-state index in [0.717, 1.165) is 16.7 Å². The van der Waals surface area contributed by atoms with E-state index in [1.165, 1.54) is 9.58 Å². The molecule has 3 aromatic rings. The first-order chi connectivity index (χ1) is 15.8. The highest BCUT2D eigenvalue weighted by atomic mass is 16.4. The van der Waals surface area contributed by atoms with Gasteiger partial charge in [0.2, 0.25) is 0 Å². The molecule has 1 aliphatic rings. The van der Waals surface area contributed by atoms with E-state index in [-0.39, 0.29) is 24.5 Å². The van der Waals surface area contributed by atoms with Gasteiger partial charge in [-0.3, -0.25) is 4.79 Å². The van der Waals surface area contributed by atoms with Gasteiger partial charge in [0.1, 0.15) is 11.9 Å². The molecule has 0 spiro atoms. The van der Waals surface area contributed by atoms with Crippen molar-refractivity contribution in [2.75, 3.05) is 0 Å². The Kier molecular flexibility index (Phi) is 5.99. The monoisotopic (exact) mass is 443 g/mol. The first-order valence-electron chi connectivity index (χ1n) is 10.5. The number of aliphatic carboxylic acids is 1. The van der Waals surface area contributed by atoms with E-state index in [2.05, 4.69) is 5.10 Å². The van der Waals surface area contributed by atoms with Crippen LogP contribution in [0.4, 0.5) is 0 Å². The highest BCUT2D eigenvalue weighted by molar-refractivity contribution is 5.96. The standard InChI is InChI=1S/C25H25N5O3/c1-16(26)11-12-23(27)30-21(17-7-3-2-4-8-17)14-20(28-30)24(31)29-15-19-10-6-5-9-18(19)13-22(29)25(32)33/h2-12,14,22H,13,15,26-27H2,1H3,(H,32,33)/b16-11-,23-12+/t22-/m0/s1. The van der Waals surface area contributed by atoms with Gasteiger partial charge < -0.3 is 21.5 Å². The van der Waals surface area contributed by atoms with Gasteiger partial charge in [-0.2, -0.15) is 5.10 Å². The minimum atomic E-state index is -1.05. The number of nitrogens with zero attached hydrogens (tertiary/aromatic N) is 3. The lowest BCUT2D eigenvalue weighted by atomic mass is 9.93. The number of carbonyl (C=O) groups is 2. The fourth-order valence-corrected chi connectivity index (χ4v) is 3.89. The lowest BCUT2D eigenvalue weighted by Crippen LogP contribution is -2.48. The van der Waals surface area contributed by atoms with Crippen molar-refractivity contribution < 1.29 is 14.7 Å². The first kappa shape index (κ1) is 21.9. The normalized spacial score (nSPS) is 16.4. The van der Waals surface area contributed by atoms with Crippen molar-refractivity contribution in [1.82, 2.24) is 14.7 Å². The Morgan fingerprint density at radius 1 is 1.03 bits per heavy atom. The number of aromatic nitrogens is 2. The molecule has 0 unspecified atom stereocenters. The second-order valence-corrected chi connectivity index (χ2v) is 7.95. The Morgan fingerprint density at radius 2 is 1.70 bits per heavy atom. The van der Waals surface area contributed by atoms with Crippen molar-refractivity contribution >= 4 is 17.7 Å². The van der Waals surface area contributed by atoms with E-state index in [4.69, 9.17) is 11.5 Å². The van der Waals surface area contributed by atoms with Crippen molar-refractivity contribution in [3.63, 3.8) is 0 Å². The third kappa shape index (κ3) is 4.50. The number of carboxylic acids is 1. The lowest BCUT2D eigenvalue weighted by Gasteiger charge is -2.34. The van der Waals surface area contributed by atoms with E-state index < -0.39 is 17.9 Å². The van der Waals surface area contributed by atoms with Gasteiger partial charge in [-0.1, -0.05) is 54.6 Å². The van der Waals surface area contributed by atoms with Crippen molar-refractivity contribution in [2.24, 2.45) is 11.5 Å². The summed E-state index contributed by atoms with van der Waals surface area (Å²) in [6.07, 6.45) is 3.50. The van der Waals surface area contributed by atoms with E-state index in [0.29, 0.717) is 11.4 Å². The molecule has 1 aliphatic heterocycles. The summed E-state index contributed by atoms with van der Waals surface area (Å²) >= 11 is 0. The molecule has 1 amide bonds. The Morgan fingerprint density at radius 3 is 2.36 bits per heavy atom. The molecule has 33 heavy (non-hydrogen) atoms. The van der Waals surface area contributed by atoms with Gasteiger partial charge in [-0.15, -0.1) is 0 Å². The van der Waals surface area contributed by atoms with Crippen LogP contribution in [0, 0.1) is 0 Å². The van der Waals surface area contributed by atoms with Gasteiger partial charge in [-0.05, 0) is 36.3 Å². The molecule has 168 valence electrons. The number of carboxylic acid groups (broad SMARTS) is 1. The number of fused-ring (bicyclic) bond motifs is 1. The van der Waals surface area contributed by atoms with Gasteiger partial charge in [0, 0.05) is 24.2 Å². The average molecular weight is 444 g/mol. The molecule has 2 heterocycles. The summed E-state index contributed by atoms with van der Waals surface area (Å²) in [5.41, 5.74) is 15.9. The van der Waals surface area contributed by atoms with Gasteiger partial charge in [0.25, 0.3) is 5.91 Å². The Bertz CT molecular complexity index is 1260. The molecule has 5 N–H and O–H groups in total. The molecule has 4 rings (SSSR count). The molecule has 0 radical (unpaired) electrons. The molecule has 0 saturated heterocycles. The molecule has 0 saturated carbocycles. The zero-order chi connectivity index (χ0) is 23.5. The summed E-state index contributed by atoms with van der Waals surface area (Å²) in [4.78, 5) is 26.9.